The lowest BCUT2D eigenvalue weighted by Crippen LogP contribution is -2.16. The number of rotatable bonds is 14. The molecule has 6 rings (SSSR count). The van der Waals surface area contributed by atoms with Gasteiger partial charge in [0.05, 0.1) is 0 Å². The number of hydrogen-bond donors (Lipinski definition) is 1. The Bertz CT molecular complexity index is 1690. The Morgan fingerprint density at radius 1 is 0.729 bits per heavy atom. The van der Waals surface area contributed by atoms with Crippen LogP contribution in [0.15, 0.2) is 60.9 Å². The normalized spacial score (nSPS) is 14.5. The summed E-state index contributed by atoms with van der Waals surface area (Å²) in [6, 6.07) is 15.7. The summed E-state index contributed by atoms with van der Waals surface area (Å²) in [5.74, 6) is 0.456. The topological polar surface area (TPSA) is 109 Å². The molecule has 0 saturated heterocycles. The zero-order chi connectivity index (χ0) is 33.9. The van der Waals surface area contributed by atoms with Crippen LogP contribution in [-0.2, 0) is 25.4 Å². The van der Waals surface area contributed by atoms with Gasteiger partial charge in [0.2, 0.25) is 0 Å². The third-order valence-corrected chi connectivity index (χ3v) is 9.52. The number of benzene rings is 2. The molecule has 48 heavy (non-hydrogen) atoms. The maximum Gasteiger partial charge on any atom is 0.274 e. The van der Waals surface area contributed by atoms with E-state index >= 15 is 0 Å². The molecule has 2 aliphatic carbocycles. The predicted molar refractivity (Wildman–Crippen MR) is 183 cm³/mol. The van der Waals surface area contributed by atoms with Gasteiger partial charge < -0.3 is 24.3 Å². The molecule has 9 heteroatoms. The minimum Gasteiger partial charge on any atom is -0.352 e. The first-order chi connectivity index (χ1) is 23.3. The minimum atomic E-state index is -0.528. The van der Waals surface area contributed by atoms with Crippen LogP contribution in [0.3, 0.4) is 0 Å². The molecule has 2 saturated carbocycles. The van der Waals surface area contributed by atoms with Crippen molar-refractivity contribution < 1.29 is 28.5 Å². The Kier molecular flexibility index (Phi) is 10.1. The van der Waals surface area contributed by atoms with Crippen LogP contribution < -0.4 is 5.32 Å². The van der Waals surface area contributed by atoms with E-state index < -0.39 is 12.6 Å². The fourth-order valence-corrected chi connectivity index (χ4v) is 6.51. The van der Waals surface area contributed by atoms with Gasteiger partial charge in [0.25, 0.3) is 5.91 Å². The van der Waals surface area contributed by atoms with Gasteiger partial charge in [0.15, 0.2) is 18.4 Å². The zero-order valence-electron chi connectivity index (χ0n) is 28.5. The summed E-state index contributed by atoms with van der Waals surface area (Å²) in [5, 5.41) is 3.08. The molecular weight excluding hydrogens is 606 g/mol. The van der Waals surface area contributed by atoms with Crippen molar-refractivity contribution in [3.05, 3.63) is 111 Å². The van der Waals surface area contributed by atoms with Gasteiger partial charge in [0.1, 0.15) is 11.4 Å². The van der Waals surface area contributed by atoms with Crippen LogP contribution in [0.1, 0.15) is 110 Å². The molecule has 2 fully saturated rings. The van der Waals surface area contributed by atoms with Crippen molar-refractivity contribution in [3.8, 4) is 11.1 Å². The second-order valence-corrected chi connectivity index (χ2v) is 12.7. The molecule has 0 aliphatic heterocycles. The van der Waals surface area contributed by atoms with Gasteiger partial charge in [-0.15, -0.1) is 0 Å². The molecule has 250 valence electrons. The lowest BCUT2D eigenvalue weighted by Gasteiger charge is -2.19. The van der Waals surface area contributed by atoms with Gasteiger partial charge in [-0.2, -0.15) is 0 Å². The maximum atomic E-state index is 13.6. The summed E-state index contributed by atoms with van der Waals surface area (Å²) in [5.41, 5.74) is 10.2. The second kappa shape index (κ2) is 14.5. The molecule has 9 nitrogen and oxygen atoms in total. The monoisotopic (exact) mass is 649 g/mol. The molecule has 2 aromatic heterocycles. The molecule has 4 aromatic rings. The Balaban J connectivity index is 1.23. The number of aromatic nitrogens is 2. The van der Waals surface area contributed by atoms with E-state index in [1.54, 1.807) is 40.8 Å². The van der Waals surface area contributed by atoms with Crippen LogP contribution in [0.4, 0.5) is 5.69 Å². The molecule has 2 aromatic carbocycles. The molecule has 1 N–H and O–H groups in total. The summed E-state index contributed by atoms with van der Waals surface area (Å²) >= 11 is 0. The fraction of sp³-hybridized carbons (Fsp3) is 0.385. The number of hydrogen-bond acceptors (Lipinski definition) is 8. The number of ketones is 1. The smallest absolute Gasteiger partial charge is 0.274 e. The van der Waals surface area contributed by atoms with Crippen molar-refractivity contribution in [1.29, 1.82) is 0 Å². The Labute approximate surface area is 282 Å². The standard InChI is InChI=1S/C39H43N3O6/c1-22-26(17-36(43)34-18-29(24-13-14-24)31(20-40-34)38(45-3)46-4)9-7-10-27(22)28-11-8-12-33(23(28)2)42-37(44)35-19-30(25-15-16-25)32(21-41-35)39(47-5)48-6/h7-12,18-21,24-25,38-39H,13-17H2,1-6H3,(H,42,44). The van der Waals surface area contributed by atoms with Crippen LogP contribution >= 0.6 is 0 Å². The number of methoxy groups -OCH3 is 4. The van der Waals surface area contributed by atoms with Crippen LogP contribution in [0.2, 0.25) is 0 Å². The molecule has 0 radical (unpaired) electrons. The first kappa shape index (κ1) is 33.6. The van der Waals surface area contributed by atoms with E-state index in [2.05, 4.69) is 21.4 Å². The summed E-state index contributed by atoms with van der Waals surface area (Å²) in [7, 11) is 6.40. The van der Waals surface area contributed by atoms with Crippen molar-refractivity contribution in [2.75, 3.05) is 33.8 Å². The third kappa shape index (κ3) is 6.96. The maximum absolute atomic E-state index is 13.6. The highest BCUT2D eigenvalue weighted by Gasteiger charge is 2.31. The van der Waals surface area contributed by atoms with E-state index in [4.69, 9.17) is 18.9 Å². The number of Topliss-reactive ketones (excluding diaryl/α,β-unsaturated/α-hetero) is 1. The van der Waals surface area contributed by atoms with Crippen LogP contribution in [0.5, 0.6) is 0 Å². The summed E-state index contributed by atoms with van der Waals surface area (Å²) in [4.78, 5) is 36.0. The number of anilines is 1. The quantitative estimate of drug-likeness (QED) is 0.109. The highest BCUT2D eigenvalue weighted by atomic mass is 16.7. The Hall–Kier alpha value is -4.28. The number of pyridine rings is 2. The van der Waals surface area contributed by atoms with Gasteiger partial charge >= 0.3 is 0 Å². The lowest BCUT2D eigenvalue weighted by atomic mass is 9.90. The summed E-state index contributed by atoms with van der Waals surface area (Å²) in [6.45, 7) is 4.03. The van der Waals surface area contributed by atoms with Crippen LogP contribution in [0, 0.1) is 13.8 Å². The highest BCUT2D eigenvalue weighted by molar-refractivity contribution is 6.04. The molecule has 2 aliphatic rings. The van der Waals surface area contributed by atoms with Crippen molar-refractivity contribution in [2.24, 2.45) is 0 Å². The van der Waals surface area contributed by atoms with E-state index in [1.807, 2.05) is 56.3 Å². The van der Waals surface area contributed by atoms with E-state index in [0.717, 1.165) is 75.8 Å². The predicted octanol–water partition coefficient (Wildman–Crippen LogP) is 7.78. The van der Waals surface area contributed by atoms with Crippen molar-refractivity contribution in [3.63, 3.8) is 0 Å². The van der Waals surface area contributed by atoms with Crippen molar-refractivity contribution >= 4 is 17.4 Å². The van der Waals surface area contributed by atoms with E-state index in [9.17, 15) is 9.59 Å². The number of amides is 1. The molecular formula is C39H43N3O6. The summed E-state index contributed by atoms with van der Waals surface area (Å²) < 4.78 is 21.9. The lowest BCUT2D eigenvalue weighted by molar-refractivity contribution is -0.106. The highest BCUT2D eigenvalue weighted by Crippen LogP contribution is 2.45. The van der Waals surface area contributed by atoms with Gasteiger partial charge in [-0.1, -0.05) is 30.3 Å². The van der Waals surface area contributed by atoms with Crippen LogP contribution in [-0.4, -0.2) is 50.1 Å². The number of carbonyl (C=O) groups excluding carboxylic acids is 2. The molecule has 0 bridgehead atoms. The number of ether oxygens (including phenoxy) is 4. The van der Waals surface area contributed by atoms with E-state index in [0.29, 0.717) is 28.9 Å². The van der Waals surface area contributed by atoms with Gasteiger partial charge in [0, 0.05) is 64.1 Å². The SMILES string of the molecule is COC(OC)c1cnc(C(=O)Cc2cccc(-c3cccc(NC(=O)c4cc(C5CC5)c(C(OC)OC)cn4)c3C)c2C)cc1C1CC1. The first-order valence-corrected chi connectivity index (χ1v) is 16.4. The number of carbonyl (C=O) groups is 2. The largest absolute Gasteiger partial charge is 0.352 e. The second-order valence-electron chi connectivity index (χ2n) is 12.7. The minimum absolute atomic E-state index is 0.0424. The fourth-order valence-electron chi connectivity index (χ4n) is 6.51. The van der Waals surface area contributed by atoms with Gasteiger partial charge in [-0.05, 0) is 109 Å². The van der Waals surface area contributed by atoms with Gasteiger partial charge in [-0.25, -0.2) is 0 Å². The first-order valence-electron chi connectivity index (χ1n) is 16.4. The van der Waals surface area contributed by atoms with Gasteiger partial charge in [-0.3, -0.25) is 19.6 Å². The summed E-state index contributed by atoms with van der Waals surface area (Å²) in [6.07, 6.45) is 6.89. The number of nitrogens with zero attached hydrogens (tertiary/aromatic N) is 2. The van der Waals surface area contributed by atoms with Crippen molar-refractivity contribution in [2.45, 2.75) is 70.4 Å². The zero-order valence-corrected chi connectivity index (χ0v) is 28.5. The Morgan fingerprint density at radius 2 is 1.23 bits per heavy atom. The third-order valence-electron chi connectivity index (χ3n) is 9.52. The van der Waals surface area contributed by atoms with Crippen molar-refractivity contribution in [1.82, 2.24) is 9.97 Å². The molecule has 0 unspecified atom stereocenters. The number of nitrogens with one attached hydrogen (secondary N) is 1. The molecule has 1 amide bonds. The molecule has 0 spiro atoms. The Morgan fingerprint density at radius 3 is 1.77 bits per heavy atom. The van der Waals surface area contributed by atoms with E-state index in [1.165, 1.54) is 0 Å². The molecule has 0 atom stereocenters. The molecule has 2 heterocycles. The van der Waals surface area contributed by atoms with E-state index in [-0.39, 0.29) is 18.1 Å². The average Bonchev–Trinajstić information content (AvgIpc) is 4.03. The van der Waals surface area contributed by atoms with Crippen LogP contribution in [0.25, 0.3) is 11.1 Å². The average molecular weight is 650 g/mol.